The van der Waals surface area contributed by atoms with Crippen LogP contribution in [0.4, 0.5) is 0 Å². The zero-order valence-electron chi connectivity index (χ0n) is 9.29. The van der Waals surface area contributed by atoms with Crippen molar-refractivity contribution in [1.29, 1.82) is 0 Å². The summed E-state index contributed by atoms with van der Waals surface area (Å²) in [5, 5.41) is 7.68. The number of rotatable bonds is 3. The topological polar surface area (TPSA) is 66.0 Å². The van der Waals surface area contributed by atoms with E-state index in [1.807, 2.05) is 31.3 Å². The number of para-hydroxylation sites is 1. The Balaban J connectivity index is 2.41. The molecule has 1 aromatic carbocycles. The lowest BCUT2D eigenvalue weighted by Crippen LogP contribution is -2.16. The van der Waals surface area contributed by atoms with Gasteiger partial charge in [0.15, 0.2) is 0 Å². The van der Waals surface area contributed by atoms with E-state index >= 15 is 0 Å². The van der Waals surface area contributed by atoms with Crippen LogP contribution in [0.1, 0.15) is 17.3 Å². The molecule has 0 radical (unpaired) electrons. The maximum atomic E-state index is 6.16. The summed E-state index contributed by atoms with van der Waals surface area (Å²) in [5.41, 5.74) is 7.93. The van der Waals surface area contributed by atoms with Crippen molar-refractivity contribution in [3.63, 3.8) is 0 Å². The lowest BCUT2D eigenvalue weighted by atomic mass is 10.0. The Bertz CT molecular complexity index is 480. The molecule has 16 heavy (non-hydrogen) atoms. The van der Waals surface area contributed by atoms with Crippen LogP contribution >= 0.6 is 0 Å². The Labute approximate surface area is 93.8 Å². The Hall–Kier alpha value is -1.88. The van der Waals surface area contributed by atoms with Crippen molar-refractivity contribution < 1.29 is 4.74 Å². The lowest BCUT2D eigenvalue weighted by molar-refractivity contribution is 0.407. The number of nitrogens with two attached hydrogens (primary N) is 1. The molecule has 2 rings (SSSR count). The van der Waals surface area contributed by atoms with E-state index in [0.29, 0.717) is 0 Å². The molecule has 0 fully saturated rings. The van der Waals surface area contributed by atoms with Gasteiger partial charge in [0.1, 0.15) is 5.75 Å². The molecule has 0 spiro atoms. The largest absolute Gasteiger partial charge is 0.496 e. The molecule has 0 saturated carbocycles. The van der Waals surface area contributed by atoms with E-state index in [1.54, 1.807) is 18.0 Å². The molecule has 0 amide bonds. The molecule has 5 heteroatoms. The number of benzene rings is 1. The fourth-order valence-electron chi connectivity index (χ4n) is 1.66. The molecule has 1 aromatic heterocycles. The third-order valence-electron chi connectivity index (χ3n) is 2.54. The summed E-state index contributed by atoms with van der Waals surface area (Å²) >= 11 is 0. The van der Waals surface area contributed by atoms with E-state index < -0.39 is 0 Å². The zero-order chi connectivity index (χ0) is 11.5. The lowest BCUT2D eigenvalue weighted by Gasteiger charge is -2.14. The van der Waals surface area contributed by atoms with Crippen molar-refractivity contribution in [3.8, 4) is 5.75 Å². The third kappa shape index (κ3) is 1.77. The number of ether oxygens (including phenoxy) is 1. The first-order chi connectivity index (χ1) is 7.74. The third-order valence-corrected chi connectivity index (χ3v) is 2.54. The number of methoxy groups -OCH3 is 1. The zero-order valence-corrected chi connectivity index (χ0v) is 9.29. The molecule has 1 atom stereocenters. The predicted octanol–water partition coefficient (Wildman–Crippen LogP) is 0.872. The molecule has 1 unspecified atom stereocenters. The Kier molecular flexibility index (Phi) is 2.87. The number of hydrogen-bond acceptors (Lipinski definition) is 4. The van der Waals surface area contributed by atoms with Crippen molar-refractivity contribution in [1.82, 2.24) is 15.0 Å². The first kappa shape index (κ1) is 10.6. The van der Waals surface area contributed by atoms with Crippen LogP contribution in [0.25, 0.3) is 0 Å². The molecular weight excluding hydrogens is 204 g/mol. The van der Waals surface area contributed by atoms with Crippen LogP contribution in [-0.2, 0) is 7.05 Å². The minimum absolute atomic E-state index is 0.281. The van der Waals surface area contributed by atoms with E-state index in [2.05, 4.69) is 10.3 Å². The fraction of sp³-hybridized carbons (Fsp3) is 0.273. The van der Waals surface area contributed by atoms with E-state index in [4.69, 9.17) is 10.5 Å². The molecule has 1 heterocycles. The second-order valence-corrected chi connectivity index (χ2v) is 3.50. The number of nitrogens with zero attached hydrogens (tertiary/aromatic N) is 3. The molecular formula is C11H14N4O. The summed E-state index contributed by atoms with van der Waals surface area (Å²) in [5.74, 6) is 0.774. The summed E-state index contributed by atoms with van der Waals surface area (Å²) in [7, 11) is 3.45. The Morgan fingerprint density at radius 3 is 2.75 bits per heavy atom. The number of aryl methyl sites for hydroxylation is 1. The molecule has 2 aromatic rings. The number of aromatic nitrogens is 3. The SMILES string of the molecule is COc1ccccc1C(N)c1cnnn1C. The summed E-state index contributed by atoms with van der Waals surface area (Å²) in [4.78, 5) is 0. The first-order valence-corrected chi connectivity index (χ1v) is 4.97. The van der Waals surface area contributed by atoms with E-state index in [-0.39, 0.29) is 6.04 Å². The van der Waals surface area contributed by atoms with Gasteiger partial charge in [-0.2, -0.15) is 0 Å². The summed E-state index contributed by atoms with van der Waals surface area (Å²) in [6.45, 7) is 0. The van der Waals surface area contributed by atoms with Gasteiger partial charge in [-0.15, -0.1) is 5.10 Å². The maximum Gasteiger partial charge on any atom is 0.124 e. The van der Waals surface area contributed by atoms with Crippen molar-refractivity contribution in [2.45, 2.75) is 6.04 Å². The average molecular weight is 218 g/mol. The van der Waals surface area contributed by atoms with Crippen molar-refractivity contribution in [3.05, 3.63) is 41.7 Å². The van der Waals surface area contributed by atoms with Crippen LogP contribution < -0.4 is 10.5 Å². The minimum Gasteiger partial charge on any atom is -0.496 e. The molecule has 0 aliphatic rings. The van der Waals surface area contributed by atoms with E-state index in [1.165, 1.54) is 0 Å². The van der Waals surface area contributed by atoms with Crippen LogP contribution in [0.3, 0.4) is 0 Å². The molecule has 84 valence electrons. The molecule has 5 nitrogen and oxygen atoms in total. The molecule has 0 bridgehead atoms. The van der Waals surface area contributed by atoms with Crippen LogP contribution in [0, 0.1) is 0 Å². The summed E-state index contributed by atoms with van der Waals surface area (Å²) in [6.07, 6.45) is 1.66. The van der Waals surface area contributed by atoms with Gasteiger partial charge in [0.05, 0.1) is 25.0 Å². The van der Waals surface area contributed by atoms with Gasteiger partial charge in [-0.3, -0.25) is 4.68 Å². The van der Waals surface area contributed by atoms with Crippen molar-refractivity contribution in [2.75, 3.05) is 7.11 Å². The second-order valence-electron chi connectivity index (χ2n) is 3.50. The quantitative estimate of drug-likeness (QED) is 0.830. The van der Waals surface area contributed by atoms with Gasteiger partial charge in [0, 0.05) is 12.6 Å². The number of hydrogen-bond donors (Lipinski definition) is 1. The highest BCUT2D eigenvalue weighted by atomic mass is 16.5. The van der Waals surface area contributed by atoms with E-state index in [0.717, 1.165) is 17.0 Å². The van der Waals surface area contributed by atoms with Crippen LogP contribution in [0.5, 0.6) is 5.75 Å². The molecule has 0 saturated heterocycles. The predicted molar refractivity (Wildman–Crippen MR) is 60.0 cm³/mol. The standard InChI is InChI=1S/C11H14N4O/c1-15-9(7-13-14-15)11(12)8-5-3-4-6-10(8)16-2/h3-7,11H,12H2,1-2H3. The highest BCUT2D eigenvalue weighted by Crippen LogP contribution is 2.26. The van der Waals surface area contributed by atoms with Gasteiger partial charge < -0.3 is 10.5 Å². The van der Waals surface area contributed by atoms with Gasteiger partial charge in [0.2, 0.25) is 0 Å². The second kappa shape index (κ2) is 4.32. The highest BCUT2D eigenvalue weighted by molar-refractivity contribution is 5.39. The molecule has 0 aliphatic carbocycles. The normalized spacial score (nSPS) is 12.4. The van der Waals surface area contributed by atoms with Gasteiger partial charge in [-0.25, -0.2) is 0 Å². The summed E-state index contributed by atoms with van der Waals surface area (Å²) < 4.78 is 6.94. The van der Waals surface area contributed by atoms with Gasteiger partial charge in [-0.1, -0.05) is 23.4 Å². The maximum absolute atomic E-state index is 6.16. The fourth-order valence-corrected chi connectivity index (χ4v) is 1.66. The van der Waals surface area contributed by atoms with E-state index in [9.17, 15) is 0 Å². The monoisotopic (exact) mass is 218 g/mol. The van der Waals surface area contributed by atoms with Crippen LogP contribution in [0.2, 0.25) is 0 Å². The van der Waals surface area contributed by atoms with Crippen molar-refractivity contribution >= 4 is 0 Å². The first-order valence-electron chi connectivity index (χ1n) is 4.97. The van der Waals surface area contributed by atoms with Crippen LogP contribution in [-0.4, -0.2) is 22.1 Å². The Morgan fingerprint density at radius 1 is 1.38 bits per heavy atom. The van der Waals surface area contributed by atoms with Crippen LogP contribution in [0.15, 0.2) is 30.5 Å². The average Bonchev–Trinajstić information content (AvgIpc) is 2.74. The minimum atomic E-state index is -0.281. The van der Waals surface area contributed by atoms with Gasteiger partial charge in [0.25, 0.3) is 0 Å². The summed E-state index contributed by atoms with van der Waals surface area (Å²) in [6, 6.07) is 7.39. The molecule has 0 aliphatic heterocycles. The molecule has 2 N–H and O–H groups in total. The van der Waals surface area contributed by atoms with Gasteiger partial charge in [-0.05, 0) is 6.07 Å². The highest BCUT2D eigenvalue weighted by Gasteiger charge is 2.16. The smallest absolute Gasteiger partial charge is 0.124 e. The van der Waals surface area contributed by atoms with Gasteiger partial charge >= 0.3 is 0 Å². The van der Waals surface area contributed by atoms with Crippen molar-refractivity contribution in [2.24, 2.45) is 12.8 Å². The Morgan fingerprint density at radius 2 is 2.12 bits per heavy atom.